The second-order valence-corrected chi connectivity index (χ2v) is 7.80. The molecule has 4 nitrogen and oxygen atoms in total. The first-order valence-corrected chi connectivity index (χ1v) is 9.95. The Hall–Kier alpha value is -2.59. The summed E-state index contributed by atoms with van der Waals surface area (Å²) in [6.45, 7) is 1.82. The molecule has 0 spiro atoms. The Labute approximate surface area is 169 Å². The highest BCUT2D eigenvalue weighted by atomic mass is 35.5. The first kappa shape index (κ1) is 18.8. The minimum atomic E-state index is -0.196. The van der Waals surface area contributed by atoms with Crippen molar-refractivity contribution in [1.82, 2.24) is 0 Å². The van der Waals surface area contributed by atoms with Gasteiger partial charge in [0, 0.05) is 11.1 Å². The summed E-state index contributed by atoms with van der Waals surface area (Å²) < 4.78 is 11.4. The van der Waals surface area contributed by atoms with Crippen LogP contribution in [0.25, 0.3) is 6.08 Å². The molecule has 1 heterocycles. The predicted octanol–water partition coefficient (Wildman–Crippen LogP) is 5.75. The predicted molar refractivity (Wildman–Crippen MR) is 108 cm³/mol. The van der Waals surface area contributed by atoms with Gasteiger partial charge in [0.1, 0.15) is 11.5 Å². The third-order valence-corrected chi connectivity index (χ3v) is 5.48. The Kier molecular flexibility index (Phi) is 5.23. The standard InChI is InChI=1S/C23H21ClO4/c1-14-10-18(27-23(26)16-7-3-2-4-8-16)13-19-21(14)22(25)20(28-19)12-15-6-5-9-17(24)11-15/h5-6,9-13,16H,2-4,7-8H2,1H3/b20-12-. The number of carbonyl (C=O) groups excluding carboxylic acids is 2. The Morgan fingerprint density at radius 2 is 1.96 bits per heavy atom. The van der Waals surface area contributed by atoms with Gasteiger partial charge in [0.15, 0.2) is 5.76 Å². The molecule has 0 aromatic heterocycles. The summed E-state index contributed by atoms with van der Waals surface area (Å²) in [6, 6.07) is 10.5. The first-order valence-electron chi connectivity index (χ1n) is 9.57. The number of esters is 1. The highest BCUT2D eigenvalue weighted by Crippen LogP contribution is 2.38. The zero-order chi connectivity index (χ0) is 19.7. The largest absolute Gasteiger partial charge is 0.452 e. The second kappa shape index (κ2) is 7.80. The van der Waals surface area contributed by atoms with Crippen molar-refractivity contribution in [3.05, 3.63) is 63.9 Å². The normalized spacial score (nSPS) is 18.1. The molecule has 2 aromatic carbocycles. The third kappa shape index (κ3) is 3.83. The van der Waals surface area contributed by atoms with Gasteiger partial charge < -0.3 is 9.47 Å². The molecule has 1 aliphatic carbocycles. The number of carbonyl (C=O) groups is 2. The lowest BCUT2D eigenvalue weighted by Gasteiger charge is -2.20. The fourth-order valence-electron chi connectivity index (χ4n) is 3.82. The summed E-state index contributed by atoms with van der Waals surface area (Å²) in [4.78, 5) is 25.2. The summed E-state index contributed by atoms with van der Waals surface area (Å²) in [6.07, 6.45) is 6.74. The van der Waals surface area contributed by atoms with Gasteiger partial charge in [-0.05, 0) is 55.2 Å². The summed E-state index contributed by atoms with van der Waals surface area (Å²) in [7, 11) is 0. The Morgan fingerprint density at radius 3 is 2.71 bits per heavy atom. The molecular formula is C23H21ClO4. The number of rotatable bonds is 3. The van der Waals surface area contributed by atoms with E-state index in [9.17, 15) is 9.59 Å². The van der Waals surface area contributed by atoms with E-state index in [4.69, 9.17) is 21.1 Å². The van der Waals surface area contributed by atoms with E-state index in [1.807, 2.05) is 19.1 Å². The monoisotopic (exact) mass is 396 g/mol. The summed E-state index contributed by atoms with van der Waals surface area (Å²) in [5.41, 5.74) is 2.01. The molecule has 2 aromatic rings. The van der Waals surface area contributed by atoms with E-state index in [2.05, 4.69) is 0 Å². The smallest absolute Gasteiger partial charge is 0.314 e. The van der Waals surface area contributed by atoms with E-state index < -0.39 is 0 Å². The molecule has 28 heavy (non-hydrogen) atoms. The van der Waals surface area contributed by atoms with E-state index in [0.29, 0.717) is 22.1 Å². The number of fused-ring (bicyclic) bond motifs is 1. The summed E-state index contributed by atoms with van der Waals surface area (Å²) >= 11 is 6.01. The SMILES string of the molecule is Cc1cc(OC(=O)C2CCCCC2)cc2c1C(=O)/C(=C/c1cccc(Cl)c1)O2. The van der Waals surface area contributed by atoms with Crippen LogP contribution in [0.3, 0.4) is 0 Å². The van der Waals surface area contributed by atoms with Gasteiger partial charge in [-0.1, -0.05) is 43.0 Å². The van der Waals surface area contributed by atoms with Crippen molar-refractivity contribution < 1.29 is 19.1 Å². The lowest BCUT2D eigenvalue weighted by Crippen LogP contribution is -2.22. The number of hydrogen-bond donors (Lipinski definition) is 0. The minimum absolute atomic E-state index is 0.0388. The van der Waals surface area contributed by atoms with Gasteiger partial charge in [0.25, 0.3) is 0 Å². The highest BCUT2D eigenvalue weighted by molar-refractivity contribution is 6.30. The number of benzene rings is 2. The highest BCUT2D eigenvalue weighted by Gasteiger charge is 2.31. The van der Waals surface area contributed by atoms with Crippen LogP contribution in [0.4, 0.5) is 0 Å². The van der Waals surface area contributed by atoms with Crippen LogP contribution in [0, 0.1) is 12.8 Å². The first-order chi connectivity index (χ1) is 13.5. The second-order valence-electron chi connectivity index (χ2n) is 7.36. The molecule has 5 heteroatoms. The summed E-state index contributed by atoms with van der Waals surface area (Å²) in [5.74, 6) is 0.656. The Balaban J connectivity index is 1.57. The van der Waals surface area contributed by atoms with Crippen LogP contribution in [0.15, 0.2) is 42.2 Å². The van der Waals surface area contributed by atoms with Crippen LogP contribution < -0.4 is 9.47 Å². The molecule has 2 aliphatic rings. The van der Waals surface area contributed by atoms with Gasteiger partial charge in [0.05, 0.1) is 11.5 Å². The van der Waals surface area contributed by atoms with Crippen molar-refractivity contribution in [3.8, 4) is 11.5 Å². The molecule has 0 atom stereocenters. The molecule has 0 bridgehead atoms. The molecule has 0 N–H and O–H groups in total. The molecule has 1 fully saturated rings. The van der Waals surface area contributed by atoms with Crippen LogP contribution >= 0.6 is 11.6 Å². The van der Waals surface area contributed by atoms with E-state index in [1.165, 1.54) is 6.42 Å². The van der Waals surface area contributed by atoms with Gasteiger partial charge in [-0.15, -0.1) is 0 Å². The third-order valence-electron chi connectivity index (χ3n) is 5.25. The van der Waals surface area contributed by atoms with Crippen molar-refractivity contribution in [2.45, 2.75) is 39.0 Å². The van der Waals surface area contributed by atoms with Crippen LogP contribution in [0.1, 0.15) is 53.6 Å². The van der Waals surface area contributed by atoms with Crippen LogP contribution in [0.2, 0.25) is 5.02 Å². The molecule has 0 unspecified atom stereocenters. The van der Waals surface area contributed by atoms with Crippen LogP contribution in [0.5, 0.6) is 11.5 Å². The van der Waals surface area contributed by atoms with Crippen molar-refractivity contribution >= 4 is 29.4 Å². The van der Waals surface area contributed by atoms with E-state index in [0.717, 1.165) is 36.8 Å². The average Bonchev–Trinajstić information content (AvgIpc) is 2.98. The molecule has 0 radical (unpaired) electrons. The van der Waals surface area contributed by atoms with E-state index in [-0.39, 0.29) is 23.4 Å². The number of halogens is 1. The van der Waals surface area contributed by atoms with Crippen LogP contribution in [-0.2, 0) is 4.79 Å². The van der Waals surface area contributed by atoms with Gasteiger partial charge in [-0.3, -0.25) is 9.59 Å². The number of allylic oxidation sites excluding steroid dienone is 1. The van der Waals surface area contributed by atoms with Gasteiger partial charge in [-0.25, -0.2) is 0 Å². The lowest BCUT2D eigenvalue weighted by atomic mass is 9.89. The Bertz CT molecular complexity index is 971. The average molecular weight is 397 g/mol. The number of aryl methyl sites for hydroxylation is 1. The summed E-state index contributed by atoms with van der Waals surface area (Å²) in [5, 5.41) is 0.588. The number of Topliss-reactive ketones (excluding diaryl/α,β-unsaturated/α-hetero) is 1. The number of ketones is 1. The topological polar surface area (TPSA) is 52.6 Å². The zero-order valence-corrected chi connectivity index (χ0v) is 16.4. The number of hydrogen-bond acceptors (Lipinski definition) is 4. The molecule has 4 rings (SSSR count). The maximum absolute atomic E-state index is 12.8. The van der Waals surface area contributed by atoms with Crippen molar-refractivity contribution in [3.63, 3.8) is 0 Å². The quantitative estimate of drug-likeness (QED) is 0.376. The molecule has 144 valence electrons. The van der Waals surface area contributed by atoms with Crippen molar-refractivity contribution in [2.75, 3.05) is 0 Å². The van der Waals surface area contributed by atoms with E-state index in [1.54, 1.807) is 30.3 Å². The van der Waals surface area contributed by atoms with Gasteiger partial charge in [-0.2, -0.15) is 0 Å². The molecule has 1 saturated carbocycles. The van der Waals surface area contributed by atoms with Crippen LogP contribution in [-0.4, -0.2) is 11.8 Å². The van der Waals surface area contributed by atoms with Crippen molar-refractivity contribution in [1.29, 1.82) is 0 Å². The number of ether oxygens (including phenoxy) is 2. The van der Waals surface area contributed by atoms with Crippen molar-refractivity contribution in [2.24, 2.45) is 5.92 Å². The molecular weight excluding hydrogens is 376 g/mol. The molecule has 0 saturated heterocycles. The molecule has 1 aliphatic heterocycles. The lowest BCUT2D eigenvalue weighted by molar-refractivity contribution is -0.139. The Morgan fingerprint density at radius 1 is 1.18 bits per heavy atom. The fraction of sp³-hybridized carbons (Fsp3) is 0.304. The van der Waals surface area contributed by atoms with E-state index >= 15 is 0 Å². The maximum atomic E-state index is 12.8. The van der Waals surface area contributed by atoms with Gasteiger partial charge >= 0.3 is 5.97 Å². The zero-order valence-electron chi connectivity index (χ0n) is 15.7. The van der Waals surface area contributed by atoms with Gasteiger partial charge in [0.2, 0.25) is 5.78 Å². The minimum Gasteiger partial charge on any atom is -0.452 e. The fourth-order valence-corrected chi connectivity index (χ4v) is 4.02. The maximum Gasteiger partial charge on any atom is 0.314 e. The molecule has 0 amide bonds.